The number of alkyl halides is 3. The molecule has 0 spiro atoms. The van der Waals surface area contributed by atoms with Gasteiger partial charge < -0.3 is 4.57 Å². The Morgan fingerprint density at radius 3 is 2.15 bits per heavy atom. The highest BCUT2D eigenvalue weighted by molar-refractivity contribution is 6.42. The lowest BCUT2D eigenvalue weighted by Crippen LogP contribution is -2.15. The standard InChI is InChI=1S/C19H10Cl3F3N2/c20-13-4-2-12(3-5-13)14-8-18(19(23,24)25)27(17(14)9-26)10-11-1-6-15(21)16(22)7-11/h1-8H,10H2. The van der Waals surface area contributed by atoms with Crippen LogP contribution < -0.4 is 0 Å². The van der Waals surface area contributed by atoms with Gasteiger partial charge in [-0.25, -0.2) is 0 Å². The van der Waals surface area contributed by atoms with Crippen LogP contribution in [0.4, 0.5) is 13.2 Å². The van der Waals surface area contributed by atoms with E-state index in [-0.39, 0.29) is 22.8 Å². The summed E-state index contributed by atoms with van der Waals surface area (Å²) in [5.74, 6) is 0. The van der Waals surface area contributed by atoms with Crippen molar-refractivity contribution in [3.63, 3.8) is 0 Å². The van der Waals surface area contributed by atoms with E-state index in [1.807, 2.05) is 6.07 Å². The summed E-state index contributed by atoms with van der Waals surface area (Å²) in [4.78, 5) is 0. The predicted octanol–water partition coefficient (Wildman–Crippen LogP) is 7.05. The van der Waals surface area contributed by atoms with Crippen molar-refractivity contribution in [2.75, 3.05) is 0 Å². The first-order valence-electron chi connectivity index (χ1n) is 7.61. The molecule has 138 valence electrons. The molecular weight excluding hydrogens is 420 g/mol. The fourth-order valence-electron chi connectivity index (χ4n) is 2.74. The van der Waals surface area contributed by atoms with Crippen molar-refractivity contribution >= 4 is 34.8 Å². The van der Waals surface area contributed by atoms with Crippen molar-refractivity contribution < 1.29 is 13.2 Å². The minimum atomic E-state index is -4.63. The van der Waals surface area contributed by atoms with Crippen molar-refractivity contribution in [1.29, 1.82) is 5.26 Å². The number of nitriles is 1. The number of nitrogens with zero attached hydrogens (tertiary/aromatic N) is 2. The largest absolute Gasteiger partial charge is 0.431 e. The van der Waals surface area contributed by atoms with Crippen molar-refractivity contribution in [1.82, 2.24) is 4.57 Å². The molecule has 1 heterocycles. The summed E-state index contributed by atoms with van der Waals surface area (Å²) < 4.78 is 41.8. The Morgan fingerprint density at radius 1 is 0.926 bits per heavy atom. The highest BCUT2D eigenvalue weighted by atomic mass is 35.5. The molecular formula is C19H10Cl3F3N2. The Morgan fingerprint density at radius 2 is 1.59 bits per heavy atom. The normalized spacial score (nSPS) is 11.4. The lowest BCUT2D eigenvalue weighted by molar-refractivity contribution is -0.143. The van der Waals surface area contributed by atoms with Gasteiger partial charge >= 0.3 is 6.18 Å². The average molecular weight is 430 g/mol. The number of benzene rings is 2. The first kappa shape index (κ1) is 19.6. The van der Waals surface area contributed by atoms with Gasteiger partial charge in [-0.3, -0.25) is 0 Å². The second-order valence-electron chi connectivity index (χ2n) is 5.74. The SMILES string of the molecule is N#Cc1c(-c2ccc(Cl)cc2)cc(C(F)(F)F)n1Cc1ccc(Cl)c(Cl)c1. The van der Waals surface area contributed by atoms with Crippen LogP contribution in [0, 0.1) is 11.3 Å². The second-order valence-corrected chi connectivity index (χ2v) is 6.99. The zero-order valence-electron chi connectivity index (χ0n) is 13.5. The molecule has 27 heavy (non-hydrogen) atoms. The molecule has 0 atom stereocenters. The van der Waals surface area contributed by atoms with E-state index < -0.39 is 11.9 Å². The minimum Gasteiger partial charge on any atom is -0.324 e. The Bertz CT molecular complexity index is 1030. The highest BCUT2D eigenvalue weighted by Gasteiger charge is 2.37. The zero-order chi connectivity index (χ0) is 19.8. The zero-order valence-corrected chi connectivity index (χ0v) is 15.8. The van der Waals surface area contributed by atoms with Gasteiger partial charge in [0.15, 0.2) is 0 Å². The highest BCUT2D eigenvalue weighted by Crippen LogP contribution is 2.37. The van der Waals surface area contributed by atoms with E-state index in [0.717, 1.165) is 10.6 Å². The fraction of sp³-hybridized carbons (Fsp3) is 0.105. The van der Waals surface area contributed by atoms with Crippen LogP contribution in [0.1, 0.15) is 17.0 Å². The van der Waals surface area contributed by atoms with E-state index in [4.69, 9.17) is 34.8 Å². The molecule has 1 aromatic heterocycles. The van der Waals surface area contributed by atoms with Crippen molar-refractivity contribution in [3.05, 3.63) is 80.6 Å². The molecule has 0 saturated carbocycles. The molecule has 0 amide bonds. The molecule has 3 aromatic rings. The summed E-state index contributed by atoms with van der Waals surface area (Å²) in [6.45, 7) is -0.178. The first-order chi connectivity index (χ1) is 12.7. The topological polar surface area (TPSA) is 28.7 Å². The summed E-state index contributed by atoms with van der Waals surface area (Å²) >= 11 is 17.7. The summed E-state index contributed by atoms with van der Waals surface area (Å²) in [6.07, 6.45) is -4.63. The van der Waals surface area contributed by atoms with E-state index in [2.05, 4.69) is 0 Å². The van der Waals surface area contributed by atoms with Gasteiger partial charge in [-0.2, -0.15) is 18.4 Å². The molecule has 0 fully saturated rings. The summed E-state index contributed by atoms with van der Waals surface area (Å²) in [7, 11) is 0. The van der Waals surface area contributed by atoms with Gasteiger partial charge in [0, 0.05) is 17.1 Å². The third-order valence-corrected chi connectivity index (χ3v) is 4.96. The number of hydrogen-bond donors (Lipinski definition) is 0. The Kier molecular flexibility index (Phi) is 5.43. The summed E-state index contributed by atoms with van der Waals surface area (Å²) in [5.41, 5.74) is 0.117. The number of rotatable bonds is 3. The fourth-order valence-corrected chi connectivity index (χ4v) is 3.19. The van der Waals surface area contributed by atoms with Crippen molar-refractivity contribution in [2.45, 2.75) is 12.7 Å². The molecule has 2 nitrogen and oxygen atoms in total. The van der Waals surface area contributed by atoms with Gasteiger partial charge in [-0.05, 0) is 41.5 Å². The van der Waals surface area contributed by atoms with Crippen LogP contribution in [0.25, 0.3) is 11.1 Å². The maximum atomic E-state index is 13.6. The number of hydrogen-bond acceptors (Lipinski definition) is 1. The molecule has 0 N–H and O–H groups in total. The van der Waals surface area contributed by atoms with Crippen LogP contribution in [0.15, 0.2) is 48.5 Å². The lowest BCUT2D eigenvalue weighted by Gasteiger charge is -2.13. The molecule has 0 radical (unpaired) electrons. The number of aromatic nitrogens is 1. The van der Waals surface area contributed by atoms with Gasteiger partial charge in [0.1, 0.15) is 17.5 Å². The molecule has 8 heteroatoms. The van der Waals surface area contributed by atoms with Gasteiger partial charge in [0.25, 0.3) is 0 Å². The molecule has 0 aliphatic carbocycles. The van der Waals surface area contributed by atoms with Gasteiger partial charge in [-0.15, -0.1) is 0 Å². The maximum absolute atomic E-state index is 13.6. The molecule has 2 aromatic carbocycles. The van der Waals surface area contributed by atoms with E-state index in [1.165, 1.54) is 12.1 Å². The second kappa shape index (κ2) is 7.47. The monoisotopic (exact) mass is 428 g/mol. The van der Waals surface area contributed by atoms with E-state index in [9.17, 15) is 18.4 Å². The first-order valence-corrected chi connectivity index (χ1v) is 8.75. The van der Waals surface area contributed by atoms with Gasteiger partial charge in [-0.1, -0.05) is 53.0 Å². The molecule has 0 aliphatic heterocycles. The Balaban J connectivity index is 2.17. The predicted molar refractivity (Wildman–Crippen MR) is 100 cm³/mol. The van der Waals surface area contributed by atoms with Crippen LogP contribution in [0.2, 0.25) is 15.1 Å². The lowest BCUT2D eigenvalue weighted by atomic mass is 10.1. The van der Waals surface area contributed by atoms with Crippen LogP contribution in [-0.4, -0.2) is 4.57 Å². The summed E-state index contributed by atoms with van der Waals surface area (Å²) in [5, 5.41) is 10.5. The molecule has 3 rings (SSSR count). The van der Waals surface area contributed by atoms with E-state index in [0.29, 0.717) is 21.2 Å². The minimum absolute atomic E-state index is 0.101. The van der Waals surface area contributed by atoms with Crippen LogP contribution in [-0.2, 0) is 12.7 Å². The molecule has 0 bridgehead atoms. The third-order valence-electron chi connectivity index (χ3n) is 3.97. The van der Waals surface area contributed by atoms with E-state index in [1.54, 1.807) is 30.3 Å². The third kappa shape index (κ3) is 4.08. The van der Waals surface area contributed by atoms with Gasteiger partial charge in [0.05, 0.1) is 10.0 Å². The van der Waals surface area contributed by atoms with Crippen LogP contribution >= 0.6 is 34.8 Å². The Labute approximate surface area is 168 Å². The summed E-state index contributed by atoms with van der Waals surface area (Å²) in [6, 6.07) is 13.7. The Hall–Kier alpha value is -2.13. The van der Waals surface area contributed by atoms with Gasteiger partial charge in [0.2, 0.25) is 0 Å². The molecule has 0 unspecified atom stereocenters. The van der Waals surface area contributed by atoms with Crippen LogP contribution in [0.3, 0.4) is 0 Å². The maximum Gasteiger partial charge on any atom is 0.431 e. The van der Waals surface area contributed by atoms with Crippen molar-refractivity contribution in [3.8, 4) is 17.2 Å². The smallest absolute Gasteiger partial charge is 0.324 e. The average Bonchev–Trinajstić information content (AvgIpc) is 2.97. The van der Waals surface area contributed by atoms with Crippen LogP contribution in [0.5, 0.6) is 0 Å². The quantitative estimate of drug-likeness (QED) is 0.438. The number of halogens is 6. The molecule has 0 saturated heterocycles. The molecule has 0 aliphatic rings. The van der Waals surface area contributed by atoms with Crippen molar-refractivity contribution in [2.24, 2.45) is 0 Å². The van der Waals surface area contributed by atoms with E-state index >= 15 is 0 Å².